The van der Waals surface area contributed by atoms with Crippen LogP contribution >= 0.6 is 0 Å². The Morgan fingerprint density at radius 3 is 2.00 bits per heavy atom. The largest absolute Gasteiger partial charge is 0.481 e. The molecule has 0 aromatic carbocycles. The van der Waals surface area contributed by atoms with Crippen molar-refractivity contribution in [3.63, 3.8) is 0 Å². The summed E-state index contributed by atoms with van der Waals surface area (Å²) in [5, 5.41) is 17.5. The zero-order chi connectivity index (χ0) is 7.99. The normalized spacial score (nSPS) is 35.5. The Hall–Kier alpha value is -0.570. The second-order valence-corrected chi connectivity index (χ2v) is 3.61. The van der Waals surface area contributed by atoms with Gasteiger partial charge < -0.3 is 10.2 Å². The molecule has 0 spiro atoms. The molecule has 1 saturated carbocycles. The van der Waals surface area contributed by atoms with Crippen molar-refractivity contribution in [2.24, 2.45) is 10.8 Å². The minimum atomic E-state index is -0.875. The van der Waals surface area contributed by atoms with E-state index in [1.54, 1.807) is 0 Å². The van der Waals surface area contributed by atoms with Crippen LogP contribution < -0.4 is 0 Å². The lowest BCUT2D eigenvalue weighted by molar-refractivity contribution is -0.146. The van der Waals surface area contributed by atoms with Gasteiger partial charge in [0.25, 0.3) is 0 Å². The Morgan fingerprint density at radius 1 is 1.60 bits per heavy atom. The summed E-state index contributed by atoms with van der Waals surface area (Å²) in [5.74, 6) is -0.875. The molecule has 1 fully saturated rings. The standard InChI is InChI=1S/C7H12O3/c1-6(2)3-7(6,4-8)5(9)10/h8H,3-4H2,1-2H3,(H,9,10). The van der Waals surface area contributed by atoms with Crippen LogP contribution in [0.4, 0.5) is 0 Å². The Labute approximate surface area is 59.7 Å². The van der Waals surface area contributed by atoms with Crippen LogP contribution in [0.15, 0.2) is 0 Å². The van der Waals surface area contributed by atoms with Gasteiger partial charge in [-0.3, -0.25) is 4.79 Å². The fourth-order valence-electron chi connectivity index (χ4n) is 1.41. The van der Waals surface area contributed by atoms with E-state index in [2.05, 4.69) is 0 Å². The molecule has 0 aromatic rings. The van der Waals surface area contributed by atoms with Gasteiger partial charge in [0.2, 0.25) is 0 Å². The number of hydrogen-bond donors (Lipinski definition) is 2. The lowest BCUT2D eigenvalue weighted by Crippen LogP contribution is -2.24. The van der Waals surface area contributed by atoms with E-state index < -0.39 is 11.4 Å². The third-order valence-electron chi connectivity index (χ3n) is 2.59. The van der Waals surface area contributed by atoms with Crippen molar-refractivity contribution in [2.75, 3.05) is 6.61 Å². The smallest absolute Gasteiger partial charge is 0.312 e. The van der Waals surface area contributed by atoms with E-state index in [-0.39, 0.29) is 12.0 Å². The summed E-state index contributed by atoms with van der Waals surface area (Å²) < 4.78 is 0. The topological polar surface area (TPSA) is 57.5 Å². The zero-order valence-corrected chi connectivity index (χ0v) is 6.22. The molecule has 1 rings (SSSR count). The van der Waals surface area contributed by atoms with Gasteiger partial charge >= 0.3 is 5.97 Å². The molecule has 0 saturated heterocycles. The molecule has 10 heavy (non-hydrogen) atoms. The molecule has 2 N–H and O–H groups in total. The minimum absolute atomic E-state index is 0.215. The fourth-order valence-corrected chi connectivity index (χ4v) is 1.41. The number of hydrogen-bond acceptors (Lipinski definition) is 2. The summed E-state index contributed by atoms with van der Waals surface area (Å²) in [6, 6.07) is 0. The number of carbonyl (C=O) groups is 1. The Balaban J connectivity index is 2.78. The molecule has 3 heteroatoms. The first-order valence-corrected chi connectivity index (χ1v) is 3.30. The Morgan fingerprint density at radius 2 is 2.00 bits per heavy atom. The van der Waals surface area contributed by atoms with Crippen LogP contribution in [0.2, 0.25) is 0 Å². The summed E-state index contributed by atoms with van der Waals surface area (Å²) in [6.45, 7) is 3.48. The molecule has 1 atom stereocenters. The number of carboxylic acid groups (broad SMARTS) is 1. The summed E-state index contributed by atoms with van der Waals surface area (Å²) in [4.78, 5) is 10.6. The fraction of sp³-hybridized carbons (Fsp3) is 0.857. The maximum Gasteiger partial charge on any atom is 0.312 e. The minimum Gasteiger partial charge on any atom is -0.481 e. The van der Waals surface area contributed by atoms with Crippen molar-refractivity contribution >= 4 is 5.97 Å². The van der Waals surface area contributed by atoms with E-state index in [0.29, 0.717) is 6.42 Å². The summed E-state index contributed by atoms with van der Waals surface area (Å²) >= 11 is 0. The van der Waals surface area contributed by atoms with Gasteiger partial charge in [-0.1, -0.05) is 13.8 Å². The average molecular weight is 144 g/mol. The molecule has 3 nitrogen and oxygen atoms in total. The second kappa shape index (κ2) is 1.72. The molecule has 58 valence electrons. The van der Waals surface area contributed by atoms with Crippen LogP contribution in [0.1, 0.15) is 20.3 Å². The van der Waals surface area contributed by atoms with Crippen LogP contribution in [-0.4, -0.2) is 22.8 Å². The first kappa shape index (κ1) is 7.54. The molecular formula is C7H12O3. The van der Waals surface area contributed by atoms with E-state index in [1.807, 2.05) is 13.8 Å². The predicted molar refractivity (Wildman–Crippen MR) is 35.6 cm³/mol. The highest BCUT2D eigenvalue weighted by Crippen LogP contribution is 2.63. The van der Waals surface area contributed by atoms with Crippen LogP contribution in [0, 0.1) is 10.8 Å². The van der Waals surface area contributed by atoms with Gasteiger partial charge in [0.15, 0.2) is 0 Å². The van der Waals surface area contributed by atoms with Gasteiger partial charge in [0.1, 0.15) is 0 Å². The summed E-state index contributed by atoms with van der Waals surface area (Å²) in [7, 11) is 0. The van der Waals surface area contributed by atoms with Crippen LogP contribution in [0.25, 0.3) is 0 Å². The van der Waals surface area contributed by atoms with Crippen LogP contribution in [0.5, 0.6) is 0 Å². The molecule has 0 bridgehead atoms. The number of carboxylic acids is 1. The van der Waals surface area contributed by atoms with Gasteiger partial charge in [-0.25, -0.2) is 0 Å². The average Bonchev–Trinajstić information content (AvgIpc) is 2.35. The highest BCUT2D eigenvalue weighted by Gasteiger charge is 2.66. The SMILES string of the molecule is CC1(C)CC1(CO)C(=O)O. The monoisotopic (exact) mass is 144 g/mol. The van der Waals surface area contributed by atoms with Crippen molar-refractivity contribution in [3.8, 4) is 0 Å². The van der Waals surface area contributed by atoms with Crippen LogP contribution in [0.3, 0.4) is 0 Å². The van der Waals surface area contributed by atoms with E-state index in [1.165, 1.54) is 0 Å². The molecule has 1 aliphatic carbocycles. The van der Waals surface area contributed by atoms with E-state index >= 15 is 0 Å². The molecular weight excluding hydrogens is 132 g/mol. The third-order valence-corrected chi connectivity index (χ3v) is 2.59. The molecule has 0 radical (unpaired) electrons. The van der Waals surface area contributed by atoms with Gasteiger partial charge in [-0.05, 0) is 11.8 Å². The van der Waals surface area contributed by atoms with Crippen molar-refractivity contribution < 1.29 is 15.0 Å². The molecule has 0 amide bonds. The molecule has 0 aliphatic heterocycles. The highest BCUT2D eigenvalue weighted by molar-refractivity contribution is 5.79. The molecule has 0 heterocycles. The number of rotatable bonds is 2. The molecule has 1 aliphatic rings. The van der Waals surface area contributed by atoms with Gasteiger partial charge in [-0.2, -0.15) is 0 Å². The first-order chi connectivity index (χ1) is 4.46. The van der Waals surface area contributed by atoms with Crippen molar-refractivity contribution in [3.05, 3.63) is 0 Å². The quantitative estimate of drug-likeness (QED) is 0.592. The van der Waals surface area contributed by atoms with Crippen molar-refractivity contribution in [1.82, 2.24) is 0 Å². The van der Waals surface area contributed by atoms with Gasteiger partial charge in [-0.15, -0.1) is 0 Å². The Bertz CT molecular complexity index is 174. The summed E-state index contributed by atoms with van der Waals surface area (Å²) in [5.41, 5.74) is -1.05. The lowest BCUT2D eigenvalue weighted by atomic mass is 9.97. The van der Waals surface area contributed by atoms with Crippen molar-refractivity contribution in [2.45, 2.75) is 20.3 Å². The van der Waals surface area contributed by atoms with E-state index in [0.717, 1.165) is 0 Å². The number of aliphatic carboxylic acids is 1. The highest BCUT2D eigenvalue weighted by atomic mass is 16.4. The maximum atomic E-state index is 10.6. The first-order valence-electron chi connectivity index (χ1n) is 3.30. The lowest BCUT2D eigenvalue weighted by Gasteiger charge is -2.10. The van der Waals surface area contributed by atoms with Crippen molar-refractivity contribution in [1.29, 1.82) is 0 Å². The third kappa shape index (κ3) is 0.669. The molecule has 0 aromatic heterocycles. The van der Waals surface area contributed by atoms with E-state index in [9.17, 15) is 4.79 Å². The zero-order valence-electron chi connectivity index (χ0n) is 6.22. The Kier molecular flexibility index (Phi) is 1.30. The molecule has 1 unspecified atom stereocenters. The van der Waals surface area contributed by atoms with Gasteiger partial charge in [0.05, 0.1) is 12.0 Å². The maximum absolute atomic E-state index is 10.6. The van der Waals surface area contributed by atoms with Gasteiger partial charge in [0, 0.05) is 0 Å². The number of aliphatic hydroxyl groups excluding tert-OH is 1. The predicted octanol–water partition coefficient (Wildman–Crippen LogP) is 0.480. The summed E-state index contributed by atoms with van der Waals surface area (Å²) in [6.07, 6.45) is 0.589. The number of aliphatic hydroxyl groups is 1. The second-order valence-electron chi connectivity index (χ2n) is 3.61. The van der Waals surface area contributed by atoms with Crippen LogP contribution in [-0.2, 0) is 4.79 Å². The van der Waals surface area contributed by atoms with E-state index in [4.69, 9.17) is 10.2 Å².